The number of carbonyl (C=O) groups excluding carboxylic acids is 1. The lowest BCUT2D eigenvalue weighted by atomic mass is 9.99. The third-order valence-corrected chi connectivity index (χ3v) is 2.68. The van der Waals surface area contributed by atoms with Crippen molar-refractivity contribution in [1.82, 2.24) is 0 Å². The third-order valence-electron chi connectivity index (χ3n) is 2.68. The van der Waals surface area contributed by atoms with Gasteiger partial charge in [0.1, 0.15) is 6.07 Å². The van der Waals surface area contributed by atoms with Gasteiger partial charge in [-0.05, 0) is 18.9 Å². The fraction of sp³-hybridized carbons (Fsp3) is 0.429. The summed E-state index contributed by atoms with van der Waals surface area (Å²) in [6.07, 6.45) is -4.96. The summed E-state index contributed by atoms with van der Waals surface area (Å²) in [6, 6.07) is 4.56. The van der Waals surface area contributed by atoms with Crippen molar-refractivity contribution in [1.29, 1.82) is 5.26 Å². The molecule has 0 saturated heterocycles. The second kappa shape index (κ2) is 6.97. The maximum Gasteiger partial charge on any atom is 0.573 e. The highest BCUT2D eigenvalue weighted by Crippen LogP contribution is 2.32. The van der Waals surface area contributed by atoms with Gasteiger partial charge in [0.15, 0.2) is 5.75 Å². The van der Waals surface area contributed by atoms with Crippen LogP contribution >= 0.6 is 0 Å². The van der Waals surface area contributed by atoms with Crippen molar-refractivity contribution in [2.45, 2.75) is 33.1 Å². The molecule has 0 atom stereocenters. The molecule has 0 aliphatic rings. The Balaban J connectivity index is 3.29. The lowest BCUT2D eigenvalue weighted by molar-refractivity contribution is -0.275. The molecule has 1 aromatic carbocycles. The largest absolute Gasteiger partial charge is 0.573 e. The van der Waals surface area contributed by atoms with Crippen LogP contribution < -0.4 is 4.74 Å². The van der Waals surface area contributed by atoms with E-state index in [4.69, 9.17) is 10.00 Å². The number of alkyl halides is 3. The number of esters is 1. The molecule has 0 aromatic heterocycles. The Morgan fingerprint density at radius 1 is 1.29 bits per heavy atom. The number of nitriles is 1. The summed E-state index contributed by atoms with van der Waals surface area (Å²) in [7, 11) is 0. The van der Waals surface area contributed by atoms with Crippen molar-refractivity contribution in [3.8, 4) is 11.8 Å². The lowest BCUT2D eigenvalue weighted by Crippen LogP contribution is -2.20. The number of carbonyl (C=O) groups is 1. The molecule has 7 heteroatoms. The number of hydrogen-bond acceptors (Lipinski definition) is 4. The van der Waals surface area contributed by atoms with E-state index in [2.05, 4.69) is 4.74 Å². The topological polar surface area (TPSA) is 59.3 Å². The molecule has 0 radical (unpaired) electrons. The molecule has 4 nitrogen and oxygen atoms in total. The van der Waals surface area contributed by atoms with Crippen LogP contribution in [0.25, 0.3) is 0 Å². The predicted molar refractivity (Wildman–Crippen MR) is 67.6 cm³/mol. The van der Waals surface area contributed by atoms with E-state index in [1.54, 1.807) is 19.9 Å². The van der Waals surface area contributed by atoms with Gasteiger partial charge >= 0.3 is 12.3 Å². The van der Waals surface area contributed by atoms with Gasteiger partial charge in [0.25, 0.3) is 0 Å². The van der Waals surface area contributed by atoms with Crippen LogP contribution in [0.15, 0.2) is 12.1 Å². The number of ether oxygens (including phenoxy) is 2. The molecule has 1 rings (SSSR count). The van der Waals surface area contributed by atoms with E-state index >= 15 is 0 Å². The van der Waals surface area contributed by atoms with E-state index in [0.29, 0.717) is 12.0 Å². The van der Waals surface area contributed by atoms with Crippen LogP contribution in [0, 0.1) is 11.3 Å². The van der Waals surface area contributed by atoms with Gasteiger partial charge in [0, 0.05) is 5.56 Å². The van der Waals surface area contributed by atoms with Crippen LogP contribution in [0.3, 0.4) is 0 Å². The van der Waals surface area contributed by atoms with Crippen LogP contribution in [0.1, 0.15) is 30.5 Å². The summed E-state index contributed by atoms with van der Waals surface area (Å²) in [4.78, 5) is 11.4. The smallest absolute Gasteiger partial charge is 0.466 e. The van der Waals surface area contributed by atoms with Crippen molar-refractivity contribution in [2.75, 3.05) is 6.61 Å². The fourth-order valence-corrected chi connectivity index (χ4v) is 1.82. The molecule has 0 unspecified atom stereocenters. The Bertz CT molecular complexity index is 562. The van der Waals surface area contributed by atoms with Crippen LogP contribution in [0.4, 0.5) is 13.2 Å². The first kappa shape index (κ1) is 16.8. The maximum atomic E-state index is 12.5. The van der Waals surface area contributed by atoms with E-state index in [-0.39, 0.29) is 17.7 Å². The molecule has 21 heavy (non-hydrogen) atoms. The van der Waals surface area contributed by atoms with Gasteiger partial charge in [-0.15, -0.1) is 13.2 Å². The van der Waals surface area contributed by atoms with Gasteiger partial charge in [0.05, 0.1) is 18.6 Å². The first-order valence-electron chi connectivity index (χ1n) is 6.28. The monoisotopic (exact) mass is 301 g/mol. The molecule has 0 saturated carbocycles. The Hall–Kier alpha value is -2.23. The molecule has 0 heterocycles. The number of aryl methyl sites for hydroxylation is 1. The maximum absolute atomic E-state index is 12.5. The number of nitrogens with zero attached hydrogens (tertiary/aromatic N) is 1. The Kier molecular flexibility index (Phi) is 5.59. The predicted octanol–water partition coefficient (Wildman–Crippen LogP) is 3.12. The average molecular weight is 301 g/mol. The van der Waals surface area contributed by atoms with Crippen molar-refractivity contribution >= 4 is 5.97 Å². The van der Waals surface area contributed by atoms with Gasteiger partial charge in [-0.3, -0.25) is 4.79 Å². The molecule has 0 amide bonds. The van der Waals surface area contributed by atoms with E-state index in [0.717, 1.165) is 0 Å². The molecule has 0 aliphatic heterocycles. The average Bonchev–Trinajstić information content (AvgIpc) is 2.39. The van der Waals surface area contributed by atoms with Gasteiger partial charge < -0.3 is 9.47 Å². The molecular weight excluding hydrogens is 287 g/mol. The number of rotatable bonds is 5. The van der Waals surface area contributed by atoms with Crippen molar-refractivity contribution < 1.29 is 27.4 Å². The van der Waals surface area contributed by atoms with Gasteiger partial charge in [-0.2, -0.15) is 5.26 Å². The normalized spacial score (nSPS) is 10.9. The standard InChI is InChI=1S/C14H14F3NO3/c1-3-9-5-6-10(7-12(19)20-4-2)13(11(9)8-18)21-14(15,16)17/h5-6H,3-4,7H2,1-2H3. The highest BCUT2D eigenvalue weighted by Gasteiger charge is 2.34. The Morgan fingerprint density at radius 3 is 2.38 bits per heavy atom. The summed E-state index contributed by atoms with van der Waals surface area (Å²) in [5, 5.41) is 9.08. The molecule has 0 spiro atoms. The van der Waals surface area contributed by atoms with Crippen LogP contribution in [-0.2, 0) is 22.4 Å². The minimum atomic E-state index is -4.94. The van der Waals surface area contributed by atoms with E-state index < -0.39 is 24.5 Å². The second-order valence-electron chi connectivity index (χ2n) is 4.08. The number of hydrogen-bond donors (Lipinski definition) is 0. The summed E-state index contributed by atoms with van der Waals surface area (Å²) in [5.74, 6) is -1.31. The SMILES string of the molecule is CCOC(=O)Cc1ccc(CC)c(C#N)c1OC(F)(F)F. The van der Waals surface area contributed by atoms with Crippen LogP contribution in [0.2, 0.25) is 0 Å². The molecular formula is C14H14F3NO3. The first-order valence-corrected chi connectivity index (χ1v) is 6.28. The minimum absolute atomic E-state index is 0.0282. The molecule has 0 fully saturated rings. The van der Waals surface area contributed by atoms with Crippen LogP contribution in [0.5, 0.6) is 5.75 Å². The zero-order valence-corrected chi connectivity index (χ0v) is 11.6. The number of benzene rings is 1. The molecule has 0 bridgehead atoms. The first-order chi connectivity index (χ1) is 9.82. The highest BCUT2D eigenvalue weighted by molar-refractivity contribution is 5.74. The van der Waals surface area contributed by atoms with Gasteiger partial charge in [-0.1, -0.05) is 19.1 Å². The molecule has 114 valence electrons. The zero-order valence-electron chi connectivity index (χ0n) is 11.6. The van der Waals surface area contributed by atoms with Gasteiger partial charge in [-0.25, -0.2) is 0 Å². The zero-order chi connectivity index (χ0) is 16.0. The van der Waals surface area contributed by atoms with Crippen molar-refractivity contribution in [2.24, 2.45) is 0 Å². The minimum Gasteiger partial charge on any atom is -0.466 e. The second-order valence-corrected chi connectivity index (χ2v) is 4.08. The van der Waals surface area contributed by atoms with E-state index in [9.17, 15) is 18.0 Å². The fourth-order valence-electron chi connectivity index (χ4n) is 1.82. The summed E-state index contributed by atoms with van der Waals surface area (Å²) in [5.41, 5.74) is 0.181. The third kappa shape index (κ3) is 4.67. The van der Waals surface area contributed by atoms with Crippen LogP contribution in [-0.4, -0.2) is 18.9 Å². The highest BCUT2D eigenvalue weighted by atomic mass is 19.4. The Labute approximate surface area is 120 Å². The summed E-state index contributed by atoms with van der Waals surface area (Å²) in [6.45, 7) is 3.41. The Morgan fingerprint density at radius 2 is 1.90 bits per heavy atom. The van der Waals surface area contributed by atoms with Crippen molar-refractivity contribution in [3.05, 3.63) is 28.8 Å². The van der Waals surface area contributed by atoms with Gasteiger partial charge in [0.2, 0.25) is 0 Å². The van der Waals surface area contributed by atoms with E-state index in [1.807, 2.05) is 0 Å². The number of halogens is 3. The molecule has 0 aliphatic carbocycles. The molecule has 0 N–H and O–H groups in total. The summed E-state index contributed by atoms with van der Waals surface area (Å²) < 4.78 is 46.2. The quantitative estimate of drug-likeness (QED) is 0.784. The van der Waals surface area contributed by atoms with Crippen molar-refractivity contribution in [3.63, 3.8) is 0 Å². The molecule has 1 aromatic rings. The summed E-state index contributed by atoms with van der Waals surface area (Å²) >= 11 is 0. The lowest BCUT2D eigenvalue weighted by Gasteiger charge is -2.16. The van der Waals surface area contributed by atoms with E-state index in [1.165, 1.54) is 12.1 Å².